The first-order chi connectivity index (χ1) is 5.74. The topological polar surface area (TPSA) is 58.2 Å². The van der Waals surface area contributed by atoms with Gasteiger partial charge in [-0.2, -0.15) is 0 Å². The smallest absolute Gasteiger partial charge is 0.243 e. The second-order valence-electron chi connectivity index (χ2n) is 2.64. The van der Waals surface area contributed by atoms with Crippen molar-refractivity contribution in [3.05, 3.63) is 12.2 Å². The largest absolute Gasteiger partial charge is 0.351 e. The molecule has 1 heterocycles. The first kappa shape index (κ1) is 8.77. The molecule has 12 heavy (non-hydrogen) atoms. The van der Waals surface area contributed by atoms with Gasteiger partial charge in [-0.25, -0.2) is 0 Å². The third-order valence-electron chi connectivity index (χ3n) is 1.67. The molecule has 2 N–H and O–H groups in total. The van der Waals surface area contributed by atoms with Gasteiger partial charge in [-0.15, -0.1) is 0 Å². The van der Waals surface area contributed by atoms with E-state index in [0.717, 1.165) is 0 Å². The summed E-state index contributed by atoms with van der Waals surface area (Å²) in [6.07, 6.45) is 4.03. The Morgan fingerprint density at radius 2 is 2.50 bits per heavy atom. The minimum Gasteiger partial charge on any atom is -0.351 e. The van der Waals surface area contributed by atoms with Crippen LogP contribution in [0.5, 0.6) is 0 Å². The summed E-state index contributed by atoms with van der Waals surface area (Å²) in [6.45, 7) is 2.42. The standard InChI is InChI=1S/C8H12N2O2/c1-2-3-4-9-8(12)6-5-7(11)10-6/h2-3,6H,4-5H2,1H3,(H,9,12)(H,10,11)/b3-2+. The highest BCUT2D eigenvalue weighted by atomic mass is 16.2. The first-order valence-electron chi connectivity index (χ1n) is 3.92. The number of hydrogen-bond donors (Lipinski definition) is 2. The average Bonchev–Trinajstić information content (AvgIpc) is 1.99. The molecule has 0 spiro atoms. The minimum absolute atomic E-state index is 0.0545. The Morgan fingerprint density at radius 1 is 1.83 bits per heavy atom. The van der Waals surface area contributed by atoms with Gasteiger partial charge in [-0.3, -0.25) is 9.59 Å². The number of hydrogen-bond acceptors (Lipinski definition) is 2. The van der Waals surface area contributed by atoms with Gasteiger partial charge in [0.2, 0.25) is 11.8 Å². The van der Waals surface area contributed by atoms with Gasteiger partial charge in [0.25, 0.3) is 0 Å². The molecule has 1 aliphatic rings. The highest BCUT2D eigenvalue weighted by molar-refractivity contribution is 5.97. The predicted octanol–water partition coefficient (Wildman–Crippen LogP) is -0.433. The van der Waals surface area contributed by atoms with E-state index in [1.165, 1.54) is 0 Å². The summed E-state index contributed by atoms with van der Waals surface area (Å²) < 4.78 is 0. The Labute approximate surface area is 71.0 Å². The van der Waals surface area contributed by atoms with E-state index in [2.05, 4.69) is 10.6 Å². The van der Waals surface area contributed by atoms with E-state index in [9.17, 15) is 9.59 Å². The SMILES string of the molecule is C/C=C/CNC(=O)C1CC(=O)N1. The molecule has 0 aromatic carbocycles. The minimum atomic E-state index is -0.303. The van der Waals surface area contributed by atoms with Crippen LogP contribution in [0.3, 0.4) is 0 Å². The van der Waals surface area contributed by atoms with E-state index in [0.29, 0.717) is 13.0 Å². The van der Waals surface area contributed by atoms with Crippen molar-refractivity contribution < 1.29 is 9.59 Å². The maximum absolute atomic E-state index is 11.1. The lowest BCUT2D eigenvalue weighted by Crippen LogP contribution is -2.56. The molecule has 0 aromatic rings. The lowest BCUT2D eigenvalue weighted by atomic mass is 10.1. The van der Waals surface area contributed by atoms with Gasteiger partial charge >= 0.3 is 0 Å². The summed E-state index contributed by atoms with van der Waals surface area (Å²) in [7, 11) is 0. The number of β-lactam (4-membered cyclic amide) rings is 1. The Kier molecular flexibility index (Phi) is 2.85. The summed E-state index contributed by atoms with van der Waals surface area (Å²) >= 11 is 0. The molecule has 4 heteroatoms. The molecular weight excluding hydrogens is 156 g/mol. The lowest BCUT2D eigenvalue weighted by Gasteiger charge is -2.25. The van der Waals surface area contributed by atoms with Crippen LogP contribution in [-0.2, 0) is 9.59 Å². The van der Waals surface area contributed by atoms with E-state index < -0.39 is 0 Å². The van der Waals surface area contributed by atoms with E-state index >= 15 is 0 Å². The van der Waals surface area contributed by atoms with Gasteiger partial charge in [0.1, 0.15) is 6.04 Å². The number of rotatable bonds is 3. The third-order valence-corrected chi connectivity index (χ3v) is 1.67. The van der Waals surface area contributed by atoms with Gasteiger partial charge in [-0.1, -0.05) is 12.2 Å². The molecule has 1 aliphatic heterocycles. The van der Waals surface area contributed by atoms with Crippen LogP contribution in [0.4, 0.5) is 0 Å². The fourth-order valence-corrected chi connectivity index (χ4v) is 0.917. The molecule has 1 rings (SSSR count). The highest BCUT2D eigenvalue weighted by Gasteiger charge is 2.31. The van der Waals surface area contributed by atoms with Crippen LogP contribution in [0.25, 0.3) is 0 Å². The van der Waals surface area contributed by atoms with Crippen LogP contribution in [0.15, 0.2) is 12.2 Å². The number of carbonyl (C=O) groups is 2. The molecule has 4 nitrogen and oxygen atoms in total. The number of carbonyl (C=O) groups excluding carboxylic acids is 2. The summed E-state index contributed by atoms with van der Waals surface area (Å²) in [5.74, 6) is -0.158. The number of nitrogens with one attached hydrogen (secondary N) is 2. The van der Waals surface area contributed by atoms with Gasteiger partial charge in [0.05, 0.1) is 6.42 Å². The van der Waals surface area contributed by atoms with Crippen molar-refractivity contribution in [2.75, 3.05) is 6.54 Å². The maximum Gasteiger partial charge on any atom is 0.243 e. The fourth-order valence-electron chi connectivity index (χ4n) is 0.917. The highest BCUT2D eigenvalue weighted by Crippen LogP contribution is 2.02. The summed E-state index contributed by atoms with van der Waals surface area (Å²) in [5.41, 5.74) is 0. The Balaban J connectivity index is 2.16. The van der Waals surface area contributed by atoms with Crippen LogP contribution in [-0.4, -0.2) is 24.4 Å². The van der Waals surface area contributed by atoms with Crippen molar-refractivity contribution in [3.63, 3.8) is 0 Å². The number of allylic oxidation sites excluding steroid dienone is 1. The first-order valence-corrected chi connectivity index (χ1v) is 3.92. The molecule has 0 saturated carbocycles. The zero-order valence-electron chi connectivity index (χ0n) is 6.96. The molecular formula is C8H12N2O2. The predicted molar refractivity (Wildman–Crippen MR) is 44.4 cm³/mol. The molecule has 0 aromatic heterocycles. The van der Waals surface area contributed by atoms with Crippen LogP contribution < -0.4 is 10.6 Å². The Hall–Kier alpha value is -1.32. The zero-order chi connectivity index (χ0) is 8.97. The van der Waals surface area contributed by atoms with Crippen LogP contribution in [0, 0.1) is 0 Å². The zero-order valence-corrected chi connectivity index (χ0v) is 6.96. The van der Waals surface area contributed by atoms with Gasteiger partial charge in [0.15, 0.2) is 0 Å². The van der Waals surface area contributed by atoms with Crippen molar-refractivity contribution in [3.8, 4) is 0 Å². The Bertz CT molecular complexity index is 215. The monoisotopic (exact) mass is 168 g/mol. The molecule has 1 atom stereocenters. The van der Waals surface area contributed by atoms with Crippen LogP contribution in [0.1, 0.15) is 13.3 Å². The van der Waals surface area contributed by atoms with Crippen molar-refractivity contribution >= 4 is 11.8 Å². The van der Waals surface area contributed by atoms with E-state index in [1.54, 1.807) is 0 Å². The number of amides is 2. The molecule has 1 unspecified atom stereocenters. The molecule has 0 radical (unpaired) electrons. The van der Waals surface area contributed by atoms with Crippen molar-refractivity contribution in [2.45, 2.75) is 19.4 Å². The molecule has 1 fully saturated rings. The molecule has 0 aliphatic carbocycles. The molecule has 0 bridgehead atoms. The summed E-state index contributed by atoms with van der Waals surface area (Å²) in [6, 6.07) is -0.303. The second kappa shape index (κ2) is 3.90. The van der Waals surface area contributed by atoms with Gasteiger partial charge in [0, 0.05) is 6.54 Å². The van der Waals surface area contributed by atoms with Crippen molar-refractivity contribution in [1.82, 2.24) is 10.6 Å². The molecule has 66 valence electrons. The Morgan fingerprint density at radius 3 is 3.00 bits per heavy atom. The summed E-state index contributed by atoms with van der Waals surface area (Å²) in [4.78, 5) is 21.5. The van der Waals surface area contributed by atoms with Crippen LogP contribution >= 0.6 is 0 Å². The average molecular weight is 168 g/mol. The van der Waals surface area contributed by atoms with Gasteiger partial charge in [-0.05, 0) is 6.92 Å². The van der Waals surface area contributed by atoms with Crippen molar-refractivity contribution in [1.29, 1.82) is 0 Å². The van der Waals surface area contributed by atoms with E-state index in [4.69, 9.17) is 0 Å². The van der Waals surface area contributed by atoms with Gasteiger partial charge < -0.3 is 10.6 Å². The molecule has 2 amide bonds. The summed E-state index contributed by atoms with van der Waals surface area (Å²) in [5, 5.41) is 5.16. The van der Waals surface area contributed by atoms with E-state index in [-0.39, 0.29) is 17.9 Å². The normalized spacial score (nSPS) is 21.8. The lowest BCUT2D eigenvalue weighted by molar-refractivity contribution is -0.137. The molecule has 1 saturated heterocycles. The second-order valence-corrected chi connectivity index (χ2v) is 2.64. The van der Waals surface area contributed by atoms with Crippen LogP contribution in [0.2, 0.25) is 0 Å². The third kappa shape index (κ3) is 2.08. The maximum atomic E-state index is 11.1. The quantitative estimate of drug-likeness (QED) is 0.443. The van der Waals surface area contributed by atoms with Crippen molar-refractivity contribution in [2.24, 2.45) is 0 Å². The van der Waals surface area contributed by atoms with E-state index in [1.807, 2.05) is 19.1 Å². The fraction of sp³-hybridized carbons (Fsp3) is 0.500.